The third-order valence-electron chi connectivity index (χ3n) is 4.62. The largest absolute Gasteiger partial charge is 0.386 e. The highest BCUT2D eigenvalue weighted by molar-refractivity contribution is 5.89. The second kappa shape index (κ2) is 7.70. The first kappa shape index (κ1) is 18.1. The smallest absolute Gasteiger partial charge is 0.224 e. The fourth-order valence-electron chi connectivity index (χ4n) is 3.26. The molecule has 3 aromatic rings. The molecule has 3 rings (SSSR count). The zero-order chi connectivity index (χ0) is 18.7. The minimum absolute atomic E-state index is 0.174. The number of amides is 1. The van der Waals surface area contributed by atoms with Gasteiger partial charge in [0.15, 0.2) is 0 Å². The van der Waals surface area contributed by atoms with E-state index in [1.165, 1.54) is 12.1 Å². The van der Waals surface area contributed by atoms with E-state index in [2.05, 4.69) is 16.8 Å². The van der Waals surface area contributed by atoms with Gasteiger partial charge in [0, 0.05) is 23.6 Å². The molecule has 136 valence electrons. The van der Waals surface area contributed by atoms with E-state index in [4.69, 9.17) is 0 Å². The number of nitrogens with zero attached hydrogens (tertiary/aromatic N) is 1. The Labute approximate surface area is 152 Å². The summed E-state index contributed by atoms with van der Waals surface area (Å²) in [4.78, 5) is 12.5. The van der Waals surface area contributed by atoms with Crippen molar-refractivity contribution >= 4 is 16.8 Å². The Morgan fingerprint density at radius 1 is 1.23 bits per heavy atom. The molecule has 0 radical (unpaired) electrons. The van der Waals surface area contributed by atoms with Crippen LogP contribution in [0.15, 0.2) is 54.7 Å². The predicted molar refractivity (Wildman–Crippen MR) is 100 cm³/mol. The number of aliphatic hydroxyl groups is 1. The van der Waals surface area contributed by atoms with Gasteiger partial charge in [-0.1, -0.05) is 30.3 Å². The van der Waals surface area contributed by atoms with Crippen molar-refractivity contribution < 1.29 is 14.3 Å². The van der Waals surface area contributed by atoms with Crippen LogP contribution in [-0.2, 0) is 17.8 Å². The molecule has 1 amide bonds. The minimum atomic E-state index is -0.966. The Bertz CT molecular complexity index is 919. The topological polar surface area (TPSA) is 54.3 Å². The number of carbonyl (C=O) groups excluding carboxylic acids is 1. The lowest BCUT2D eigenvalue weighted by molar-refractivity contribution is -0.121. The standard InChI is InChI=1S/C21H23FN2O2/c1-3-24-13-16(18-9-4-5-10-19(18)24)12-20(25)23-14(2)21(26)15-7-6-8-17(22)11-15/h4-11,13-14,21,26H,3,12H2,1-2H3,(H,23,25)/t14-,21+/m0/s1. The number of carbonyl (C=O) groups is 1. The molecule has 5 heteroatoms. The first-order valence-electron chi connectivity index (χ1n) is 8.79. The maximum atomic E-state index is 13.3. The Morgan fingerprint density at radius 3 is 2.73 bits per heavy atom. The normalized spacial score (nSPS) is 13.5. The number of benzene rings is 2. The van der Waals surface area contributed by atoms with Gasteiger partial charge in [-0.15, -0.1) is 0 Å². The number of fused-ring (bicyclic) bond motifs is 1. The van der Waals surface area contributed by atoms with E-state index < -0.39 is 18.0 Å². The van der Waals surface area contributed by atoms with Gasteiger partial charge < -0.3 is 15.0 Å². The van der Waals surface area contributed by atoms with Gasteiger partial charge in [0.05, 0.1) is 18.6 Å². The maximum absolute atomic E-state index is 13.3. The molecule has 0 spiro atoms. The van der Waals surface area contributed by atoms with Crippen molar-refractivity contribution in [2.24, 2.45) is 0 Å². The number of aromatic nitrogens is 1. The second-order valence-electron chi connectivity index (χ2n) is 6.49. The van der Waals surface area contributed by atoms with Crippen LogP contribution in [0, 0.1) is 5.82 Å². The molecule has 1 heterocycles. The number of hydrogen-bond acceptors (Lipinski definition) is 2. The summed E-state index contributed by atoms with van der Waals surface area (Å²) >= 11 is 0. The molecule has 1 aromatic heterocycles. The van der Waals surface area contributed by atoms with Crippen molar-refractivity contribution in [3.63, 3.8) is 0 Å². The molecule has 0 bridgehead atoms. The molecule has 2 aromatic carbocycles. The molecule has 0 unspecified atom stereocenters. The predicted octanol–water partition coefficient (Wildman–Crippen LogP) is 3.58. The quantitative estimate of drug-likeness (QED) is 0.711. The van der Waals surface area contributed by atoms with Gasteiger partial charge in [-0.25, -0.2) is 4.39 Å². The van der Waals surface area contributed by atoms with Crippen LogP contribution in [0.4, 0.5) is 4.39 Å². The van der Waals surface area contributed by atoms with Crippen LogP contribution in [0.3, 0.4) is 0 Å². The number of rotatable bonds is 6. The summed E-state index contributed by atoms with van der Waals surface area (Å²) in [7, 11) is 0. The van der Waals surface area contributed by atoms with Crippen LogP contribution >= 0.6 is 0 Å². The van der Waals surface area contributed by atoms with Gasteiger partial charge in [0.2, 0.25) is 5.91 Å². The molecule has 0 aliphatic carbocycles. The van der Waals surface area contributed by atoms with E-state index in [9.17, 15) is 14.3 Å². The van der Waals surface area contributed by atoms with E-state index in [0.717, 1.165) is 23.0 Å². The highest BCUT2D eigenvalue weighted by Gasteiger charge is 2.20. The molecular formula is C21H23FN2O2. The van der Waals surface area contributed by atoms with E-state index in [-0.39, 0.29) is 12.3 Å². The van der Waals surface area contributed by atoms with E-state index >= 15 is 0 Å². The van der Waals surface area contributed by atoms with Crippen LogP contribution in [0.25, 0.3) is 10.9 Å². The molecular weight excluding hydrogens is 331 g/mol. The first-order valence-corrected chi connectivity index (χ1v) is 8.79. The van der Waals surface area contributed by atoms with Gasteiger partial charge in [0.25, 0.3) is 0 Å². The van der Waals surface area contributed by atoms with Gasteiger partial charge in [0.1, 0.15) is 5.82 Å². The maximum Gasteiger partial charge on any atom is 0.224 e. The monoisotopic (exact) mass is 354 g/mol. The SMILES string of the molecule is CCn1cc(CC(=O)N[C@@H](C)[C@@H](O)c2cccc(F)c2)c2ccccc21. The molecule has 4 nitrogen and oxygen atoms in total. The Kier molecular flexibility index (Phi) is 5.38. The third kappa shape index (κ3) is 3.78. The number of aliphatic hydroxyl groups excluding tert-OH is 1. The Balaban J connectivity index is 1.71. The lowest BCUT2D eigenvalue weighted by Crippen LogP contribution is -2.37. The fraction of sp³-hybridized carbons (Fsp3) is 0.286. The Hall–Kier alpha value is -2.66. The summed E-state index contributed by atoms with van der Waals surface area (Å²) in [5, 5.41) is 14.2. The van der Waals surface area contributed by atoms with Gasteiger partial charge in [-0.2, -0.15) is 0 Å². The Morgan fingerprint density at radius 2 is 2.00 bits per heavy atom. The average Bonchev–Trinajstić information content (AvgIpc) is 2.98. The van der Waals surface area contributed by atoms with Crippen LogP contribution < -0.4 is 5.32 Å². The van der Waals surface area contributed by atoms with E-state index in [1.54, 1.807) is 19.1 Å². The van der Waals surface area contributed by atoms with Crippen molar-refractivity contribution in [1.82, 2.24) is 9.88 Å². The molecule has 0 aliphatic rings. The summed E-state index contributed by atoms with van der Waals surface area (Å²) in [5.74, 6) is -0.584. The van der Waals surface area contributed by atoms with Gasteiger partial charge in [-0.05, 0) is 43.2 Å². The minimum Gasteiger partial charge on any atom is -0.386 e. The highest BCUT2D eigenvalue weighted by atomic mass is 19.1. The summed E-state index contributed by atoms with van der Waals surface area (Å²) in [6, 6.07) is 13.3. The zero-order valence-electron chi connectivity index (χ0n) is 14.9. The lowest BCUT2D eigenvalue weighted by Gasteiger charge is -2.20. The molecule has 0 saturated heterocycles. The molecule has 0 aliphatic heterocycles. The summed E-state index contributed by atoms with van der Waals surface area (Å²) in [5.41, 5.74) is 2.50. The molecule has 26 heavy (non-hydrogen) atoms. The highest BCUT2D eigenvalue weighted by Crippen LogP contribution is 2.22. The number of aryl methyl sites for hydroxylation is 1. The summed E-state index contributed by atoms with van der Waals surface area (Å²) in [6.07, 6.45) is 1.26. The number of hydrogen-bond donors (Lipinski definition) is 2. The van der Waals surface area contributed by atoms with Crippen molar-refractivity contribution in [3.05, 3.63) is 71.7 Å². The number of halogens is 1. The van der Waals surface area contributed by atoms with Crippen LogP contribution in [0.1, 0.15) is 31.1 Å². The molecule has 2 atom stereocenters. The molecule has 2 N–H and O–H groups in total. The lowest BCUT2D eigenvalue weighted by atomic mass is 10.0. The van der Waals surface area contributed by atoms with Crippen molar-refractivity contribution in [2.75, 3.05) is 0 Å². The molecule has 0 saturated carbocycles. The van der Waals surface area contributed by atoms with Crippen LogP contribution in [-0.4, -0.2) is 21.6 Å². The fourth-order valence-corrected chi connectivity index (χ4v) is 3.26. The van der Waals surface area contributed by atoms with E-state index in [1.807, 2.05) is 30.5 Å². The zero-order valence-corrected chi connectivity index (χ0v) is 14.9. The van der Waals surface area contributed by atoms with E-state index in [0.29, 0.717) is 5.56 Å². The summed E-state index contributed by atoms with van der Waals surface area (Å²) < 4.78 is 15.4. The van der Waals surface area contributed by atoms with Crippen LogP contribution in [0.2, 0.25) is 0 Å². The first-order chi connectivity index (χ1) is 12.5. The van der Waals surface area contributed by atoms with Crippen molar-refractivity contribution in [3.8, 4) is 0 Å². The van der Waals surface area contributed by atoms with Crippen molar-refractivity contribution in [1.29, 1.82) is 0 Å². The number of para-hydroxylation sites is 1. The second-order valence-corrected chi connectivity index (χ2v) is 6.49. The summed E-state index contributed by atoms with van der Waals surface area (Å²) in [6.45, 7) is 4.60. The average molecular weight is 354 g/mol. The third-order valence-corrected chi connectivity index (χ3v) is 4.62. The van der Waals surface area contributed by atoms with Crippen molar-refractivity contribution in [2.45, 2.75) is 39.0 Å². The van der Waals surface area contributed by atoms with Gasteiger partial charge >= 0.3 is 0 Å². The van der Waals surface area contributed by atoms with Crippen LogP contribution in [0.5, 0.6) is 0 Å². The number of nitrogens with one attached hydrogen (secondary N) is 1. The van der Waals surface area contributed by atoms with Gasteiger partial charge in [-0.3, -0.25) is 4.79 Å². The molecule has 0 fully saturated rings.